The maximum absolute atomic E-state index is 13.9. The molecule has 3 aromatic rings. The highest BCUT2D eigenvalue weighted by molar-refractivity contribution is 9.10. The quantitative estimate of drug-likeness (QED) is 0.281. The van der Waals surface area contributed by atoms with E-state index in [0.29, 0.717) is 24.6 Å². The third-order valence-electron chi connectivity index (χ3n) is 6.24. The second-order valence-electron chi connectivity index (χ2n) is 11.0. The van der Waals surface area contributed by atoms with Crippen LogP contribution < -0.4 is 10.1 Å². The lowest BCUT2D eigenvalue weighted by Crippen LogP contribution is -2.52. The number of ether oxygens (including phenoxy) is 1. The van der Waals surface area contributed by atoms with Gasteiger partial charge < -0.3 is 15.0 Å². The van der Waals surface area contributed by atoms with Crippen molar-refractivity contribution in [1.82, 2.24) is 10.2 Å². The molecule has 3 rings (SSSR count). The molecule has 0 radical (unpaired) electrons. The predicted octanol–water partition coefficient (Wildman–Crippen LogP) is 6.54. The second kappa shape index (κ2) is 13.6. The van der Waals surface area contributed by atoms with Crippen LogP contribution in [0.4, 0.5) is 0 Å². The number of nitrogens with zero attached hydrogens (tertiary/aromatic N) is 1. The largest absolute Gasteiger partial charge is 0.483 e. The van der Waals surface area contributed by atoms with Gasteiger partial charge >= 0.3 is 0 Å². The molecular formula is C32H39BrN2O3. The molecule has 202 valence electrons. The molecule has 38 heavy (non-hydrogen) atoms. The van der Waals surface area contributed by atoms with Crippen LogP contribution in [-0.4, -0.2) is 35.9 Å². The summed E-state index contributed by atoms with van der Waals surface area (Å²) in [6, 6.07) is 24.7. The highest BCUT2D eigenvalue weighted by Gasteiger charge is 2.31. The molecule has 1 N–H and O–H groups in total. The average Bonchev–Trinajstić information content (AvgIpc) is 2.88. The Labute approximate surface area is 235 Å². The van der Waals surface area contributed by atoms with Crippen LogP contribution in [-0.2, 0) is 28.0 Å². The number of nitrogens with one attached hydrogen (secondary N) is 1. The number of hydrogen-bond donors (Lipinski definition) is 1. The summed E-state index contributed by atoms with van der Waals surface area (Å²) in [5.41, 5.74) is 2.81. The fraction of sp³-hybridized carbons (Fsp3) is 0.375. The third-order valence-corrected chi connectivity index (χ3v) is 6.74. The van der Waals surface area contributed by atoms with Gasteiger partial charge in [0, 0.05) is 24.0 Å². The zero-order valence-electron chi connectivity index (χ0n) is 23.0. The molecular weight excluding hydrogens is 540 g/mol. The van der Waals surface area contributed by atoms with E-state index in [1.54, 1.807) is 4.90 Å². The smallest absolute Gasteiger partial charge is 0.261 e. The Hall–Kier alpha value is -3.12. The van der Waals surface area contributed by atoms with Crippen molar-refractivity contribution >= 4 is 27.7 Å². The maximum atomic E-state index is 13.9. The van der Waals surface area contributed by atoms with Crippen molar-refractivity contribution < 1.29 is 14.3 Å². The second-order valence-corrected chi connectivity index (χ2v) is 11.9. The summed E-state index contributed by atoms with van der Waals surface area (Å²) in [6.07, 6.45) is 0.406. The standard InChI is InChI=1S/C32H39BrN2O3/c1-23(2)20-34-31(37)28(19-24-12-7-6-8-13-24)35(21-25-14-11-15-26(33)18-25)30(36)22-38-29-17-10-9-16-27(29)32(3,4)5/h6-18,23,28H,19-22H2,1-5H3,(H,34,37). The first-order valence-electron chi connectivity index (χ1n) is 13.1. The molecule has 0 bridgehead atoms. The molecule has 0 aliphatic heterocycles. The summed E-state index contributed by atoms with van der Waals surface area (Å²) < 4.78 is 7.03. The summed E-state index contributed by atoms with van der Waals surface area (Å²) in [5, 5.41) is 3.05. The van der Waals surface area contributed by atoms with Crippen LogP contribution in [0, 0.1) is 5.92 Å². The number of halogens is 1. The molecule has 0 saturated heterocycles. The van der Waals surface area contributed by atoms with E-state index >= 15 is 0 Å². The highest BCUT2D eigenvalue weighted by Crippen LogP contribution is 2.31. The number of benzene rings is 3. The van der Waals surface area contributed by atoms with Crippen LogP contribution in [0.15, 0.2) is 83.3 Å². The van der Waals surface area contributed by atoms with E-state index in [9.17, 15) is 9.59 Å². The summed E-state index contributed by atoms with van der Waals surface area (Å²) in [4.78, 5) is 29.1. The molecule has 2 amide bonds. The number of para-hydroxylation sites is 1. The van der Waals surface area contributed by atoms with Gasteiger partial charge in [0.1, 0.15) is 11.8 Å². The van der Waals surface area contributed by atoms with Crippen LogP contribution in [0.3, 0.4) is 0 Å². The Morgan fingerprint density at radius 3 is 2.24 bits per heavy atom. The zero-order chi connectivity index (χ0) is 27.7. The molecule has 3 aromatic carbocycles. The molecule has 1 atom stereocenters. The lowest BCUT2D eigenvalue weighted by Gasteiger charge is -2.32. The summed E-state index contributed by atoms with van der Waals surface area (Å²) in [5.74, 6) is 0.567. The Balaban J connectivity index is 1.94. The van der Waals surface area contributed by atoms with Crippen LogP contribution >= 0.6 is 15.9 Å². The van der Waals surface area contributed by atoms with Crippen LogP contribution in [0.5, 0.6) is 5.75 Å². The van der Waals surface area contributed by atoms with E-state index in [0.717, 1.165) is 21.2 Å². The van der Waals surface area contributed by atoms with Crippen molar-refractivity contribution in [3.05, 3.63) is 100 Å². The molecule has 0 spiro atoms. The Bertz CT molecular complexity index is 1200. The number of carbonyl (C=O) groups excluding carboxylic acids is 2. The maximum Gasteiger partial charge on any atom is 0.261 e. The fourth-order valence-electron chi connectivity index (χ4n) is 4.24. The lowest BCUT2D eigenvalue weighted by molar-refractivity contribution is -0.142. The third kappa shape index (κ3) is 8.73. The molecule has 0 heterocycles. The van der Waals surface area contributed by atoms with Crippen LogP contribution in [0.1, 0.15) is 51.3 Å². The molecule has 6 heteroatoms. The van der Waals surface area contributed by atoms with Gasteiger partial charge in [0.2, 0.25) is 5.91 Å². The van der Waals surface area contributed by atoms with E-state index in [-0.39, 0.29) is 30.4 Å². The number of hydrogen-bond acceptors (Lipinski definition) is 3. The monoisotopic (exact) mass is 578 g/mol. The molecule has 0 aromatic heterocycles. The van der Waals surface area contributed by atoms with E-state index < -0.39 is 6.04 Å². The van der Waals surface area contributed by atoms with Crippen molar-refractivity contribution in [2.75, 3.05) is 13.2 Å². The van der Waals surface area contributed by atoms with Gasteiger partial charge in [-0.1, -0.05) is 111 Å². The van der Waals surface area contributed by atoms with Gasteiger partial charge in [-0.25, -0.2) is 0 Å². The SMILES string of the molecule is CC(C)CNC(=O)C(Cc1ccccc1)N(Cc1cccc(Br)c1)C(=O)COc1ccccc1C(C)(C)C. The van der Waals surface area contributed by atoms with Crippen LogP contribution in [0.25, 0.3) is 0 Å². The molecule has 0 saturated carbocycles. The van der Waals surface area contributed by atoms with Gasteiger partial charge in [-0.3, -0.25) is 9.59 Å². The van der Waals surface area contributed by atoms with Gasteiger partial charge in [-0.15, -0.1) is 0 Å². The first-order chi connectivity index (χ1) is 18.0. The summed E-state index contributed by atoms with van der Waals surface area (Å²) in [6.45, 7) is 11.1. The Kier molecular flexibility index (Phi) is 10.5. The minimum Gasteiger partial charge on any atom is -0.483 e. The van der Waals surface area contributed by atoms with E-state index in [1.807, 2.05) is 78.9 Å². The van der Waals surface area contributed by atoms with Gasteiger partial charge in [-0.2, -0.15) is 0 Å². The fourth-order valence-corrected chi connectivity index (χ4v) is 4.69. The van der Waals surface area contributed by atoms with Crippen molar-refractivity contribution in [3.8, 4) is 5.75 Å². The Morgan fingerprint density at radius 1 is 0.921 bits per heavy atom. The van der Waals surface area contributed by atoms with Gasteiger partial charge in [0.25, 0.3) is 5.91 Å². The summed E-state index contributed by atoms with van der Waals surface area (Å²) >= 11 is 3.53. The van der Waals surface area contributed by atoms with Gasteiger partial charge in [-0.05, 0) is 46.2 Å². The lowest BCUT2D eigenvalue weighted by atomic mass is 9.86. The number of rotatable bonds is 11. The minimum atomic E-state index is -0.691. The topological polar surface area (TPSA) is 58.6 Å². The van der Waals surface area contributed by atoms with Crippen LogP contribution in [0.2, 0.25) is 0 Å². The minimum absolute atomic E-state index is 0.137. The average molecular weight is 580 g/mol. The molecule has 5 nitrogen and oxygen atoms in total. The van der Waals surface area contributed by atoms with Gasteiger partial charge in [0.15, 0.2) is 6.61 Å². The number of carbonyl (C=O) groups is 2. The van der Waals surface area contributed by atoms with E-state index in [2.05, 4.69) is 55.9 Å². The van der Waals surface area contributed by atoms with E-state index in [4.69, 9.17) is 4.74 Å². The first kappa shape index (κ1) is 29.4. The predicted molar refractivity (Wildman–Crippen MR) is 157 cm³/mol. The van der Waals surface area contributed by atoms with Crippen molar-refractivity contribution in [2.45, 2.75) is 59.0 Å². The summed E-state index contributed by atoms with van der Waals surface area (Å²) in [7, 11) is 0. The van der Waals surface area contributed by atoms with Crippen molar-refractivity contribution in [1.29, 1.82) is 0 Å². The molecule has 1 unspecified atom stereocenters. The molecule has 0 aliphatic rings. The number of amides is 2. The van der Waals surface area contributed by atoms with Crippen molar-refractivity contribution in [2.24, 2.45) is 5.92 Å². The first-order valence-corrected chi connectivity index (χ1v) is 13.9. The normalized spacial score (nSPS) is 12.2. The van der Waals surface area contributed by atoms with Gasteiger partial charge in [0.05, 0.1) is 0 Å². The van der Waals surface area contributed by atoms with E-state index in [1.165, 1.54) is 0 Å². The molecule has 0 aliphatic carbocycles. The zero-order valence-corrected chi connectivity index (χ0v) is 24.6. The highest BCUT2D eigenvalue weighted by atomic mass is 79.9. The van der Waals surface area contributed by atoms with Crippen molar-refractivity contribution in [3.63, 3.8) is 0 Å². The molecule has 0 fully saturated rings. The Morgan fingerprint density at radius 2 is 1.58 bits per heavy atom.